The number of nitrogens with zero attached hydrogens (tertiary/aromatic N) is 1. The molecule has 1 aromatic carbocycles. The average Bonchev–Trinajstić information content (AvgIpc) is 2.44. The fourth-order valence-electron chi connectivity index (χ4n) is 1.44. The Morgan fingerprint density at radius 2 is 1.58 bits per heavy atom. The number of hydrogen-bond donors (Lipinski definition) is 0. The third kappa shape index (κ3) is 7.25. The molecule has 0 heterocycles. The van der Waals surface area contributed by atoms with Crippen LogP contribution in [0.1, 0.15) is 20.8 Å². The molecule has 0 atom stereocenters. The number of hydrogen-bond acceptors (Lipinski definition) is 4. The first-order chi connectivity index (χ1) is 9.07. The highest BCUT2D eigenvalue weighted by molar-refractivity contribution is 9.10. The van der Waals surface area contributed by atoms with Gasteiger partial charge in [-0.1, -0.05) is 15.9 Å². The zero-order valence-corrected chi connectivity index (χ0v) is 14.7. The first-order valence-electron chi connectivity index (χ1n) is 6.11. The second-order valence-electron chi connectivity index (χ2n) is 3.71. The summed E-state index contributed by atoms with van der Waals surface area (Å²) in [6.45, 7) is 9.84. The molecule has 108 valence electrons. The Kier molecular flexibility index (Phi) is 10.5. The predicted octanol–water partition coefficient (Wildman–Crippen LogP) is 3.35. The van der Waals surface area contributed by atoms with Crippen LogP contribution in [0.25, 0.3) is 0 Å². The molecule has 0 aliphatic carbocycles. The fourth-order valence-corrected chi connectivity index (χ4v) is 4.53. The van der Waals surface area contributed by atoms with Gasteiger partial charge in [0.1, 0.15) is 0 Å². The lowest BCUT2D eigenvalue weighted by atomic mass is 10.4. The summed E-state index contributed by atoms with van der Waals surface area (Å²) in [5, 5.41) is 8.25. The number of quaternary nitrogens is 1. The van der Waals surface area contributed by atoms with Gasteiger partial charge in [0.2, 0.25) is 0 Å². The minimum Gasteiger partial charge on any atom is -0.554 e. The molecule has 0 bridgehead atoms. The molecule has 0 N–H and O–H groups in total. The third-order valence-corrected chi connectivity index (χ3v) is 6.74. The van der Waals surface area contributed by atoms with Gasteiger partial charge in [0.05, 0.1) is 19.6 Å². The van der Waals surface area contributed by atoms with Gasteiger partial charge in [-0.2, -0.15) is 0 Å². The van der Waals surface area contributed by atoms with Crippen molar-refractivity contribution in [1.29, 1.82) is 0 Å². The molecular formula is C13H20BrNO2S2. The van der Waals surface area contributed by atoms with E-state index in [9.17, 15) is 0 Å². The van der Waals surface area contributed by atoms with Gasteiger partial charge < -0.3 is 9.90 Å². The highest BCUT2D eigenvalue weighted by Crippen LogP contribution is 2.39. The van der Waals surface area contributed by atoms with Crippen LogP contribution in [-0.4, -0.2) is 30.0 Å². The van der Waals surface area contributed by atoms with E-state index in [1.165, 1.54) is 24.5 Å². The van der Waals surface area contributed by atoms with Crippen molar-refractivity contribution in [3.63, 3.8) is 0 Å². The van der Waals surface area contributed by atoms with E-state index in [0.29, 0.717) is 0 Å². The first kappa shape index (κ1) is 18.8. The maximum absolute atomic E-state index is 8.25. The molecule has 1 rings (SSSR count). The molecule has 0 radical (unpaired) electrons. The van der Waals surface area contributed by atoms with Gasteiger partial charge >= 0.3 is 0 Å². The number of rotatable bonds is 6. The van der Waals surface area contributed by atoms with Crippen molar-refractivity contribution in [2.75, 3.05) is 19.6 Å². The minimum atomic E-state index is -0.500. The van der Waals surface area contributed by atoms with E-state index in [1.807, 2.05) is 21.8 Å². The Hall–Kier alpha value is -0.170. The van der Waals surface area contributed by atoms with Crippen molar-refractivity contribution >= 4 is 44.2 Å². The first-order valence-corrected chi connectivity index (χ1v) is 9.00. The van der Waals surface area contributed by atoms with Crippen molar-refractivity contribution in [2.45, 2.75) is 25.7 Å². The molecule has 0 saturated carbocycles. The van der Waals surface area contributed by atoms with E-state index >= 15 is 0 Å². The molecule has 3 nitrogen and oxygen atoms in total. The van der Waals surface area contributed by atoms with Gasteiger partial charge in [0.15, 0.2) is 11.0 Å². The zero-order chi connectivity index (χ0) is 14.7. The van der Waals surface area contributed by atoms with E-state index in [4.69, 9.17) is 9.90 Å². The molecule has 0 unspecified atom stereocenters. The molecule has 0 saturated heterocycles. The summed E-state index contributed by atoms with van der Waals surface area (Å²) >= 11 is 3.46. The molecule has 0 aliphatic rings. The summed E-state index contributed by atoms with van der Waals surface area (Å²) in [6.07, 6.45) is 0. The number of carbonyl (C=O) groups is 1. The monoisotopic (exact) mass is 365 g/mol. The summed E-state index contributed by atoms with van der Waals surface area (Å²) in [4.78, 5) is 9.58. The van der Waals surface area contributed by atoms with Gasteiger partial charge in [-0.15, -0.1) is 0 Å². The maximum Gasteiger partial charge on any atom is 0.152 e. The minimum absolute atomic E-state index is 0.500. The van der Waals surface area contributed by atoms with Crippen molar-refractivity contribution in [2.24, 2.45) is 0 Å². The largest absolute Gasteiger partial charge is 0.554 e. The van der Waals surface area contributed by atoms with Crippen molar-refractivity contribution in [3.8, 4) is 0 Å². The molecule has 0 spiro atoms. The van der Waals surface area contributed by atoms with Gasteiger partial charge in [0, 0.05) is 26.6 Å². The number of benzene rings is 1. The molecule has 19 heavy (non-hydrogen) atoms. The Morgan fingerprint density at radius 1 is 1.16 bits per heavy atom. The van der Waals surface area contributed by atoms with Crippen molar-refractivity contribution < 1.29 is 13.8 Å². The zero-order valence-electron chi connectivity index (χ0n) is 11.5. The molecule has 0 amide bonds. The quantitative estimate of drug-likeness (QED) is 0.335. The second-order valence-corrected chi connectivity index (χ2v) is 7.14. The number of carbonyl (C=O) groups excluding carboxylic acids is 1. The standard InChI is InChI=1S/C12H19BrNS2.CH2O2/c1-4-14(5-2,6-3)16-15-12-9-7-11(13)8-10-12;2-1-3/h7-10H,4-6H2,1-3H3;1H,(H,2,3)/q+1;/p-1. The number of carboxylic acid groups (broad SMARTS) is 1. The van der Waals surface area contributed by atoms with E-state index in [-0.39, 0.29) is 0 Å². The van der Waals surface area contributed by atoms with Crippen molar-refractivity contribution in [3.05, 3.63) is 28.7 Å². The highest BCUT2D eigenvalue weighted by Gasteiger charge is 2.23. The third-order valence-electron chi connectivity index (χ3n) is 2.83. The Labute approximate surface area is 132 Å². The van der Waals surface area contributed by atoms with Gasteiger partial charge in [-0.3, -0.25) is 3.89 Å². The highest BCUT2D eigenvalue weighted by atomic mass is 79.9. The molecular weight excluding hydrogens is 346 g/mol. The summed E-state index contributed by atoms with van der Waals surface area (Å²) in [5.41, 5.74) is 0. The lowest BCUT2D eigenvalue weighted by Crippen LogP contribution is -2.39. The summed E-state index contributed by atoms with van der Waals surface area (Å²) < 4.78 is 2.25. The molecule has 6 heteroatoms. The average molecular weight is 366 g/mol. The van der Waals surface area contributed by atoms with Crippen LogP contribution in [0.3, 0.4) is 0 Å². The van der Waals surface area contributed by atoms with Crippen LogP contribution in [0.4, 0.5) is 0 Å². The molecule has 0 aromatic heterocycles. The Morgan fingerprint density at radius 3 is 1.95 bits per heavy atom. The van der Waals surface area contributed by atoms with Gasteiger partial charge in [0.25, 0.3) is 0 Å². The Balaban J connectivity index is 0.000000982. The molecule has 0 fully saturated rings. The van der Waals surface area contributed by atoms with Gasteiger partial charge in [-0.05, 0) is 45.0 Å². The van der Waals surface area contributed by atoms with E-state index in [0.717, 1.165) is 8.36 Å². The summed E-state index contributed by atoms with van der Waals surface area (Å²) in [6, 6.07) is 8.53. The SMILES string of the molecule is CC[N+](CC)(CC)SSc1ccc(Br)cc1.O=C[O-]. The van der Waals surface area contributed by atoms with Crippen LogP contribution in [0.5, 0.6) is 0 Å². The van der Waals surface area contributed by atoms with Crippen molar-refractivity contribution in [1.82, 2.24) is 0 Å². The van der Waals surface area contributed by atoms with Gasteiger partial charge in [-0.25, -0.2) is 0 Å². The van der Waals surface area contributed by atoms with Crippen LogP contribution in [0.15, 0.2) is 33.6 Å². The van der Waals surface area contributed by atoms with Crippen LogP contribution >= 0.6 is 37.7 Å². The topological polar surface area (TPSA) is 40.1 Å². The van der Waals surface area contributed by atoms with Crippen LogP contribution in [0, 0.1) is 0 Å². The van der Waals surface area contributed by atoms with Crippen LogP contribution in [0.2, 0.25) is 0 Å². The lowest BCUT2D eigenvalue weighted by molar-refractivity contribution is -0.787. The molecule has 1 aromatic rings. The summed E-state index contributed by atoms with van der Waals surface area (Å²) in [7, 11) is 3.84. The second kappa shape index (κ2) is 10.6. The fraction of sp³-hybridized carbons (Fsp3) is 0.462. The van der Waals surface area contributed by atoms with E-state index in [2.05, 4.69) is 61.0 Å². The van der Waals surface area contributed by atoms with E-state index in [1.54, 1.807) is 0 Å². The van der Waals surface area contributed by atoms with Crippen LogP contribution in [-0.2, 0) is 4.79 Å². The number of halogens is 1. The maximum atomic E-state index is 8.25. The predicted molar refractivity (Wildman–Crippen MR) is 85.5 cm³/mol. The van der Waals surface area contributed by atoms with E-state index < -0.39 is 6.47 Å². The lowest BCUT2D eigenvalue weighted by Gasteiger charge is -2.31. The normalized spacial score (nSPS) is 10.5. The Bertz CT molecular complexity index is 348. The molecule has 0 aliphatic heterocycles. The summed E-state index contributed by atoms with van der Waals surface area (Å²) in [5.74, 6) is 0. The van der Waals surface area contributed by atoms with Crippen LogP contribution < -0.4 is 5.11 Å². The smallest absolute Gasteiger partial charge is 0.152 e.